The fourth-order valence-corrected chi connectivity index (χ4v) is 1.60. The van der Waals surface area contributed by atoms with E-state index < -0.39 is 0 Å². The molecule has 2 heteroatoms. The van der Waals surface area contributed by atoms with Crippen molar-refractivity contribution in [3.8, 4) is 0 Å². The van der Waals surface area contributed by atoms with Gasteiger partial charge in [-0.25, -0.2) is 0 Å². The highest BCUT2D eigenvalue weighted by Gasteiger charge is 2.18. The molecule has 0 atom stereocenters. The van der Waals surface area contributed by atoms with Crippen molar-refractivity contribution in [3.63, 3.8) is 0 Å². The Morgan fingerprint density at radius 3 is 2.58 bits per heavy atom. The van der Waals surface area contributed by atoms with Crippen LogP contribution in [0.1, 0.15) is 0 Å². The third-order valence-electron chi connectivity index (χ3n) is 2.30. The zero-order chi connectivity index (χ0) is 8.39. The number of anilines is 1. The van der Waals surface area contributed by atoms with Crippen LogP contribution >= 0.6 is 0 Å². The van der Waals surface area contributed by atoms with Gasteiger partial charge in [0.2, 0.25) is 0 Å². The molecule has 0 fully saturated rings. The first kappa shape index (κ1) is 7.47. The fraction of sp³-hybridized carbons (Fsp3) is 0.200. The molecule has 0 unspecified atom stereocenters. The van der Waals surface area contributed by atoms with Crippen LogP contribution in [-0.2, 0) is 0 Å². The van der Waals surface area contributed by atoms with Gasteiger partial charge in [-0.3, -0.25) is 0 Å². The Kier molecular flexibility index (Phi) is 1.90. The molecule has 1 nitrogen and oxygen atoms in total. The van der Waals surface area contributed by atoms with E-state index in [1.165, 1.54) is 5.69 Å². The lowest BCUT2D eigenvalue weighted by atomic mass is 9.65. The van der Waals surface area contributed by atoms with Crippen LogP contribution in [0.3, 0.4) is 0 Å². The van der Waals surface area contributed by atoms with Crippen molar-refractivity contribution in [2.24, 2.45) is 0 Å². The topological polar surface area (TPSA) is 3.24 Å². The molecule has 0 amide bonds. The molecule has 0 aromatic heterocycles. The lowest BCUT2D eigenvalue weighted by molar-refractivity contribution is 1.20. The number of hydrogen-bond donors (Lipinski definition) is 0. The second kappa shape index (κ2) is 3.06. The second-order valence-corrected chi connectivity index (χ2v) is 3.16. The molecule has 1 aliphatic heterocycles. The molecular formula is C10H12BN. The third kappa shape index (κ3) is 1.25. The fourth-order valence-electron chi connectivity index (χ4n) is 1.60. The molecule has 1 aromatic rings. The van der Waals surface area contributed by atoms with Crippen LogP contribution in [0.2, 0.25) is 6.82 Å². The van der Waals surface area contributed by atoms with Crippen LogP contribution in [-0.4, -0.2) is 13.4 Å². The summed E-state index contributed by atoms with van der Waals surface area (Å²) in [5.41, 5.74) is 1.31. The van der Waals surface area contributed by atoms with Crippen LogP contribution in [0.15, 0.2) is 42.4 Å². The van der Waals surface area contributed by atoms with Crippen molar-refractivity contribution >= 4 is 12.5 Å². The minimum absolute atomic E-state index is 0.549. The van der Waals surface area contributed by atoms with Crippen molar-refractivity contribution in [3.05, 3.63) is 42.4 Å². The molecule has 0 saturated carbocycles. The highest BCUT2D eigenvalue weighted by Crippen LogP contribution is 2.18. The standard InChI is InChI=1S/C10H12BN/c1-11-8-5-9-12(11)10-6-3-2-4-7-10/h2-8H,9H2,1H3. The van der Waals surface area contributed by atoms with Gasteiger partial charge in [-0.2, -0.15) is 0 Å². The predicted octanol–water partition coefficient (Wildman–Crippen LogP) is 2.22. The normalized spacial score (nSPS) is 15.8. The molecule has 2 rings (SSSR count). The molecule has 60 valence electrons. The van der Waals surface area contributed by atoms with Gasteiger partial charge in [0.15, 0.2) is 0 Å². The van der Waals surface area contributed by atoms with E-state index in [1.54, 1.807) is 0 Å². The van der Waals surface area contributed by atoms with Gasteiger partial charge in [0, 0.05) is 12.2 Å². The number of nitrogens with zero attached hydrogens (tertiary/aromatic N) is 1. The first-order valence-electron chi connectivity index (χ1n) is 4.36. The van der Waals surface area contributed by atoms with Crippen LogP contribution in [0, 0.1) is 0 Å². The van der Waals surface area contributed by atoms with E-state index >= 15 is 0 Å². The Labute approximate surface area is 73.8 Å². The number of benzene rings is 1. The highest BCUT2D eigenvalue weighted by molar-refractivity contribution is 6.68. The molecule has 1 aromatic carbocycles. The lowest BCUT2D eigenvalue weighted by Gasteiger charge is -2.21. The molecule has 1 heterocycles. The first-order valence-corrected chi connectivity index (χ1v) is 4.36. The van der Waals surface area contributed by atoms with Gasteiger partial charge < -0.3 is 4.81 Å². The van der Waals surface area contributed by atoms with E-state index in [2.05, 4.69) is 54.0 Å². The van der Waals surface area contributed by atoms with Gasteiger partial charge in [0.05, 0.1) is 0 Å². The van der Waals surface area contributed by atoms with Crippen molar-refractivity contribution in [2.75, 3.05) is 11.4 Å². The number of para-hydroxylation sites is 1. The van der Waals surface area contributed by atoms with E-state index in [0.717, 1.165) is 6.54 Å². The Morgan fingerprint density at radius 2 is 2.00 bits per heavy atom. The quantitative estimate of drug-likeness (QED) is 0.565. The van der Waals surface area contributed by atoms with Crippen molar-refractivity contribution < 1.29 is 0 Å². The maximum absolute atomic E-state index is 2.38. The molecule has 1 aliphatic rings. The summed E-state index contributed by atoms with van der Waals surface area (Å²) in [4.78, 5) is 2.38. The summed E-state index contributed by atoms with van der Waals surface area (Å²) < 4.78 is 0. The summed E-state index contributed by atoms with van der Waals surface area (Å²) >= 11 is 0. The second-order valence-electron chi connectivity index (χ2n) is 3.16. The summed E-state index contributed by atoms with van der Waals surface area (Å²) in [7, 11) is 0. The Hall–Kier alpha value is -1.18. The molecular weight excluding hydrogens is 145 g/mol. The zero-order valence-corrected chi connectivity index (χ0v) is 7.27. The van der Waals surface area contributed by atoms with Crippen LogP contribution in [0.5, 0.6) is 0 Å². The van der Waals surface area contributed by atoms with E-state index in [-0.39, 0.29) is 0 Å². The molecule has 0 spiro atoms. The van der Waals surface area contributed by atoms with Crippen molar-refractivity contribution in [1.82, 2.24) is 0 Å². The first-order chi connectivity index (χ1) is 5.88. The van der Waals surface area contributed by atoms with Gasteiger partial charge >= 0.3 is 0 Å². The largest absolute Gasteiger partial charge is 0.408 e. The zero-order valence-electron chi connectivity index (χ0n) is 7.27. The minimum Gasteiger partial charge on any atom is -0.408 e. The Balaban J connectivity index is 2.22. The maximum Gasteiger partial charge on any atom is 0.277 e. The van der Waals surface area contributed by atoms with Crippen molar-refractivity contribution in [2.45, 2.75) is 6.82 Å². The SMILES string of the molecule is CB1C=CCN1c1ccccc1. The summed E-state index contributed by atoms with van der Waals surface area (Å²) in [5, 5.41) is 0. The molecule has 0 aliphatic carbocycles. The summed E-state index contributed by atoms with van der Waals surface area (Å²) in [6.45, 7) is 3.81. The summed E-state index contributed by atoms with van der Waals surface area (Å²) in [6.07, 6.45) is 2.22. The van der Waals surface area contributed by atoms with Gasteiger partial charge in [-0.1, -0.05) is 37.1 Å². The minimum atomic E-state index is 0.549. The monoisotopic (exact) mass is 157 g/mol. The van der Waals surface area contributed by atoms with E-state index in [1.807, 2.05) is 0 Å². The van der Waals surface area contributed by atoms with Crippen LogP contribution < -0.4 is 4.81 Å². The van der Waals surface area contributed by atoms with Crippen molar-refractivity contribution in [1.29, 1.82) is 0 Å². The number of rotatable bonds is 1. The molecule has 0 N–H and O–H groups in total. The molecule has 0 saturated heterocycles. The average molecular weight is 157 g/mol. The molecule has 12 heavy (non-hydrogen) atoms. The smallest absolute Gasteiger partial charge is 0.277 e. The lowest BCUT2D eigenvalue weighted by Crippen LogP contribution is -2.31. The van der Waals surface area contributed by atoms with Crippen LogP contribution in [0.4, 0.5) is 5.69 Å². The molecule has 0 radical (unpaired) electrons. The Bertz CT molecular complexity index is 281. The van der Waals surface area contributed by atoms with Gasteiger partial charge in [0.1, 0.15) is 0 Å². The van der Waals surface area contributed by atoms with E-state index in [0.29, 0.717) is 6.85 Å². The van der Waals surface area contributed by atoms with E-state index in [4.69, 9.17) is 0 Å². The summed E-state index contributed by atoms with van der Waals surface area (Å²) in [6, 6.07) is 10.5. The maximum atomic E-state index is 2.38. The third-order valence-corrected chi connectivity index (χ3v) is 2.30. The van der Waals surface area contributed by atoms with Gasteiger partial charge in [-0.15, -0.1) is 0 Å². The predicted molar refractivity (Wildman–Crippen MR) is 54.5 cm³/mol. The summed E-state index contributed by atoms with van der Waals surface area (Å²) in [5.74, 6) is 2.24. The van der Waals surface area contributed by atoms with E-state index in [9.17, 15) is 0 Å². The number of hydrogen-bond acceptors (Lipinski definition) is 1. The average Bonchev–Trinajstić information content (AvgIpc) is 2.53. The van der Waals surface area contributed by atoms with Crippen LogP contribution in [0.25, 0.3) is 0 Å². The van der Waals surface area contributed by atoms with Gasteiger partial charge in [-0.05, 0) is 12.1 Å². The van der Waals surface area contributed by atoms with Gasteiger partial charge in [0.25, 0.3) is 6.85 Å². The molecule has 0 bridgehead atoms. The Morgan fingerprint density at radius 1 is 1.25 bits per heavy atom. The highest BCUT2D eigenvalue weighted by atomic mass is 15.1.